The highest BCUT2D eigenvalue weighted by molar-refractivity contribution is 7.09. The van der Waals surface area contributed by atoms with E-state index in [4.69, 9.17) is 5.73 Å². The Morgan fingerprint density at radius 3 is 2.68 bits per heavy atom. The monoisotopic (exact) mass is 281 g/mol. The van der Waals surface area contributed by atoms with Gasteiger partial charge in [-0.25, -0.2) is 4.98 Å². The first-order valence-corrected chi connectivity index (χ1v) is 7.52. The van der Waals surface area contributed by atoms with E-state index in [1.54, 1.807) is 5.38 Å². The van der Waals surface area contributed by atoms with Crippen molar-refractivity contribution >= 4 is 23.2 Å². The topological polar surface area (TPSA) is 76.3 Å². The SMILES string of the molecule is CCCC(=O)N1CCC(c2nc(C(N)=O)cs2)CC1. The Kier molecular flexibility index (Phi) is 4.52. The van der Waals surface area contributed by atoms with Gasteiger partial charge in [0, 0.05) is 30.8 Å². The number of hydrogen-bond acceptors (Lipinski definition) is 4. The average molecular weight is 281 g/mol. The van der Waals surface area contributed by atoms with Gasteiger partial charge in [-0.15, -0.1) is 11.3 Å². The maximum absolute atomic E-state index is 11.8. The Balaban J connectivity index is 1.92. The van der Waals surface area contributed by atoms with Gasteiger partial charge in [0.1, 0.15) is 5.69 Å². The van der Waals surface area contributed by atoms with Crippen molar-refractivity contribution < 1.29 is 9.59 Å². The average Bonchev–Trinajstić information content (AvgIpc) is 2.89. The number of primary amides is 1. The van der Waals surface area contributed by atoms with Gasteiger partial charge in [0.2, 0.25) is 5.91 Å². The molecule has 1 aliphatic rings. The molecule has 2 N–H and O–H groups in total. The van der Waals surface area contributed by atoms with Crippen LogP contribution in [-0.2, 0) is 4.79 Å². The lowest BCUT2D eigenvalue weighted by molar-refractivity contribution is -0.132. The molecule has 2 rings (SSSR count). The van der Waals surface area contributed by atoms with E-state index in [1.807, 2.05) is 11.8 Å². The molecule has 6 heteroatoms. The second-order valence-electron chi connectivity index (χ2n) is 4.84. The number of nitrogens with two attached hydrogens (primary N) is 1. The van der Waals surface area contributed by atoms with Gasteiger partial charge in [-0.05, 0) is 19.3 Å². The molecule has 1 aliphatic heterocycles. The van der Waals surface area contributed by atoms with Gasteiger partial charge in [-0.3, -0.25) is 9.59 Å². The number of aromatic nitrogens is 1. The first kappa shape index (κ1) is 14.0. The predicted molar refractivity (Wildman–Crippen MR) is 74.1 cm³/mol. The van der Waals surface area contributed by atoms with Crippen LogP contribution in [0, 0.1) is 0 Å². The molecule has 0 spiro atoms. The third-order valence-corrected chi connectivity index (χ3v) is 4.44. The predicted octanol–water partition coefficient (Wildman–Crippen LogP) is 1.75. The smallest absolute Gasteiger partial charge is 0.268 e. The summed E-state index contributed by atoms with van der Waals surface area (Å²) in [7, 11) is 0. The Hall–Kier alpha value is -1.43. The summed E-state index contributed by atoms with van der Waals surface area (Å²) in [6.07, 6.45) is 3.36. The van der Waals surface area contributed by atoms with E-state index in [0.717, 1.165) is 37.4 Å². The zero-order valence-electron chi connectivity index (χ0n) is 11.1. The first-order valence-electron chi connectivity index (χ1n) is 6.64. The Labute approximate surface area is 116 Å². The highest BCUT2D eigenvalue weighted by Crippen LogP contribution is 2.30. The molecular formula is C13H19N3O2S. The van der Waals surface area contributed by atoms with Crippen molar-refractivity contribution in [2.45, 2.75) is 38.5 Å². The molecule has 0 saturated carbocycles. The molecule has 0 aliphatic carbocycles. The van der Waals surface area contributed by atoms with E-state index in [-0.39, 0.29) is 5.91 Å². The zero-order valence-corrected chi connectivity index (χ0v) is 11.9. The molecule has 19 heavy (non-hydrogen) atoms. The van der Waals surface area contributed by atoms with E-state index in [0.29, 0.717) is 18.0 Å². The summed E-state index contributed by atoms with van der Waals surface area (Å²) in [6, 6.07) is 0. The molecule has 2 amide bonds. The molecule has 2 heterocycles. The van der Waals surface area contributed by atoms with Crippen molar-refractivity contribution in [3.8, 4) is 0 Å². The van der Waals surface area contributed by atoms with Crippen LogP contribution in [0.2, 0.25) is 0 Å². The lowest BCUT2D eigenvalue weighted by Gasteiger charge is -2.31. The number of piperidine rings is 1. The van der Waals surface area contributed by atoms with Gasteiger partial charge in [0.05, 0.1) is 5.01 Å². The van der Waals surface area contributed by atoms with Crippen molar-refractivity contribution in [3.05, 3.63) is 16.1 Å². The van der Waals surface area contributed by atoms with Crippen molar-refractivity contribution in [1.82, 2.24) is 9.88 Å². The number of thiazole rings is 1. The normalized spacial score (nSPS) is 16.6. The lowest BCUT2D eigenvalue weighted by Crippen LogP contribution is -2.37. The number of amides is 2. The standard InChI is InChI=1S/C13H19N3O2S/c1-2-3-11(17)16-6-4-9(5-7-16)13-15-10(8-19-13)12(14)18/h8-9H,2-7H2,1H3,(H2,14,18). The van der Waals surface area contributed by atoms with Crippen molar-refractivity contribution in [3.63, 3.8) is 0 Å². The highest BCUT2D eigenvalue weighted by Gasteiger charge is 2.25. The van der Waals surface area contributed by atoms with Gasteiger partial charge >= 0.3 is 0 Å². The summed E-state index contributed by atoms with van der Waals surface area (Å²) in [4.78, 5) is 29.0. The maximum atomic E-state index is 11.8. The number of likely N-dealkylation sites (tertiary alicyclic amines) is 1. The number of carbonyl (C=O) groups excluding carboxylic acids is 2. The van der Waals surface area contributed by atoms with Gasteiger partial charge in [0.15, 0.2) is 0 Å². The summed E-state index contributed by atoms with van der Waals surface area (Å²) in [5.41, 5.74) is 5.56. The molecule has 0 radical (unpaired) electrons. The van der Waals surface area contributed by atoms with Crippen LogP contribution >= 0.6 is 11.3 Å². The van der Waals surface area contributed by atoms with Crippen LogP contribution in [0.3, 0.4) is 0 Å². The van der Waals surface area contributed by atoms with Crippen LogP contribution in [0.15, 0.2) is 5.38 Å². The molecule has 1 fully saturated rings. The molecule has 0 bridgehead atoms. The molecule has 104 valence electrons. The number of hydrogen-bond donors (Lipinski definition) is 1. The Morgan fingerprint density at radius 2 is 2.16 bits per heavy atom. The summed E-state index contributed by atoms with van der Waals surface area (Å²) in [5, 5.41) is 2.68. The van der Waals surface area contributed by atoms with Gasteiger partial charge < -0.3 is 10.6 Å². The van der Waals surface area contributed by atoms with Crippen LogP contribution in [0.25, 0.3) is 0 Å². The van der Waals surface area contributed by atoms with Crippen molar-refractivity contribution in [2.75, 3.05) is 13.1 Å². The molecular weight excluding hydrogens is 262 g/mol. The summed E-state index contributed by atoms with van der Waals surface area (Å²) < 4.78 is 0. The van der Waals surface area contributed by atoms with Crippen LogP contribution < -0.4 is 5.73 Å². The second kappa shape index (κ2) is 6.14. The summed E-state index contributed by atoms with van der Waals surface area (Å²) >= 11 is 1.49. The second-order valence-corrected chi connectivity index (χ2v) is 5.73. The minimum absolute atomic E-state index is 0.248. The molecule has 0 aromatic carbocycles. The molecule has 5 nitrogen and oxygen atoms in total. The van der Waals surface area contributed by atoms with Gasteiger partial charge in [-0.2, -0.15) is 0 Å². The Morgan fingerprint density at radius 1 is 1.47 bits per heavy atom. The van der Waals surface area contributed by atoms with E-state index in [2.05, 4.69) is 4.98 Å². The largest absolute Gasteiger partial charge is 0.364 e. The minimum Gasteiger partial charge on any atom is -0.364 e. The van der Waals surface area contributed by atoms with Crippen LogP contribution in [0.1, 0.15) is 54.0 Å². The zero-order chi connectivity index (χ0) is 13.8. The van der Waals surface area contributed by atoms with Crippen molar-refractivity contribution in [2.24, 2.45) is 5.73 Å². The van der Waals surface area contributed by atoms with Crippen LogP contribution in [0.4, 0.5) is 0 Å². The maximum Gasteiger partial charge on any atom is 0.268 e. The molecule has 1 aromatic heterocycles. The fraction of sp³-hybridized carbons (Fsp3) is 0.615. The highest BCUT2D eigenvalue weighted by atomic mass is 32.1. The first-order chi connectivity index (χ1) is 9.11. The fourth-order valence-electron chi connectivity index (χ4n) is 2.34. The fourth-order valence-corrected chi connectivity index (χ4v) is 3.32. The third-order valence-electron chi connectivity index (χ3n) is 3.44. The summed E-state index contributed by atoms with van der Waals surface area (Å²) in [6.45, 7) is 3.59. The molecule has 1 aromatic rings. The van der Waals surface area contributed by atoms with Crippen LogP contribution in [-0.4, -0.2) is 34.8 Å². The molecule has 0 unspecified atom stereocenters. The van der Waals surface area contributed by atoms with Crippen molar-refractivity contribution in [1.29, 1.82) is 0 Å². The Bertz CT molecular complexity index is 464. The minimum atomic E-state index is -0.474. The quantitative estimate of drug-likeness (QED) is 0.913. The van der Waals surface area contributed by atoms with E-state index in [1.165, 1.54) is 11.3 Å². The van der Waals surface area contributed by atoms with E-state index < -0.39 is 5.91 Å². The van der Waals surface area contributed by atoms with E-state index in [9.17, 15) is 9.59 Å². The molecule has 0 atom stereocenters. The number of rotatable bonds is 4. The van der Waals surface area contributed by atoms with E-state index >= 15 is 0 Å². The lowest BCUT2D eigenvalue weighted by atomic mass is 9.97. The summed E-state index contributed by atoms with van der Waals surface area (Å²) in [5.74, 6) is 0.125. The number of carbonyl (C=O) groups is 2. The van der Waals surface area contributed by atoms with Crippen LogP contribution in [0.5, 0.6) is 0 Å². The van der Waals surface area contributed by atoms with Gasteiger partial charge in [-0.1, -0.05) is 6.92 Å². The number of nitrogens with zero attached hydrogens (tertiary/aromatic N) is 2. The molecule has 1 saturated heterocycles. The third kappa shape index (κ3) is 3.32. The van der Waals surface area contributed by atoms with Gasteiger partial charge in [0.25, 0.3) is 5.91 Å².